The summed E-state index contributed by atoms with van der Waals surface area (Å²) in [5, 5.41) is 9.99. The van der Waals surface area contributed by atoms with Gasteiger partial charge < -0.3 is 4.90 Å². The van der Waals surface area contributed by atoms with Crippen molar-refractivity contribution in [1.82, 2.24) is 19.4 Å². The van der Waals surface area contributed by atoms with Crippen LogP contribution in [0.25, 0.3) is 27.8 Å². The van der Waals surface area contributed by atoms with E-state index >= 15 is 0 Å². The maximum atomic E-state index is 13.0. The standard InChI is InChI=1S/C24H16N6O/c1-29(19-7-4-16(12-25)5-8-19)24(31)21-15-30-22(13-28-23(30)14-27-21)18-6-9-20-17(11-18)3-2-10-26-20/h2-11,13-15H,1H3. The predicted molar refractivity (Wildman–Crippen MR) is 118 cm³/mol. The van der Waals surface area contributed by atoms with Crippen molar-refractivity contribution in [3.63, 3.8) is 0 Å². The molecule has 0 aliphatic rings. The van der Waals surface area contributed by atoms with E-state index in [-0.39, 0.29) is 5.91 Å². The molecule has 1 amide bonds. The topological polar surface area (TPSA) is 87.2 Å². The molecule has 0 N–H and O–H groups in total. The van der Waals surface area contributed by atoms with Crippen molar-refractivity contribution < 1.29 is 4.79 Å². The lowest BCUT2D eigenvalue weighted by atomic mass is 10.1. The Morgan fingerprint density at radius 3 is 2.68 bits per heavy atom. The van der Waals surface area contributed by atoms with Crippen molar-refractivity contribution in [1.29, 1.82) is 5.26 Å². The van der Waals surface area contributed by atoms with Gasteiger partial charge >= 0.3 is 0 Å². The summed E-state index contributed by atoms with van der Waals surface area (Å²) in [5.41, 5.74) is 4.91. The quantitative estimate of drug-likeness (QED) is 0.452. The van der Waals surface area contributed by atoms with Crippen LogP contribution in [0.5, 0.6) is 0 Å². The van der Waals surface area contributed by atoms with Crippen LogP contribution in [-0.4, -0.2) is 32.3 Å². The van der Waals surface area contributed by atoms with Gasteiger partial charge in [-0.1, -0.05) is 12.1 Å². The highest BCUT2D eigenvalue weighted by molar-refractivity contribution is 6.04. The predicted octanol–water partition coefficient (Wildman–Crippen LogP) is 4.09. The fourth-order valence-corrected chi connectivity index (χ4v) is 3.50. The van der Waals surface area contributed by atoms with Crippen LogP contribution >= 0.6 is 0 Å². The van der Waals surface area contributed by atoms with Crippen molar-refractivity contribution in [3.8, 4) is 17.3 Å². The molecule has 0 fully saturated rings. The van der Waals surface area contributed by atoms with Crippen LogP contribution in [0, 0.1) is 11.3 Å². The first kappa shape index (κ1) is 18.5. The molecule has 0 saturated carbocycles. The third-order valence-corrected chi connectivity index (χ3v) is 5.20. The first-order valence-electron chi connectivity index (χ1n) is 9.60. The Morgan fingerprint density at radius 1 is 1.03 bits per heavy atom. The number of rotatable bonds is 3. The highest BCUT2D eigenvalue weighted by atomic mass is 16.2. The van der Waals surface area contributed by atoms with Crippen molar-refractivity contribution in [2.45, 2.75) is 0 Å². The molecule has 5 rings (SSSR count). The Kier molecular flexibility index (Phi) is 4.38. The molecule has 7 heteroatoms. The number of hydrogen-bond acceptors (Lipinski definition) is 5. The maximum absolute atomic E-state index is 13.0. The summed E-state index contributed by atoms with van der Waals surface area (Å²) in [6.07, 6.45) is 6.83. The number of fused-ring (bicyclic) bond motifs is 2. The largest absolute Gasteiger partial charge is 0.310 e. The van der Waals surface area contributed by atoms with Gasteiger partial charge in [0.2, 0.25) is 0 Å². The summed E-state index contributed by atoms with van der Waals surface area (Å²) in [6.45, 7) is 0. The van der Waals surface area contributed by atoms with Gasteiger partial charge in [-0.25, -0.2) is 9.97 Å². The molecule has 0 aliphatic heterocycles. The van der Waals surface area contributed by atoms with Crippen LogP contribution in [-0.2, 0) is 0 Å². The Hall–Kier alpha value is -4.57. The number of hydrogen-bond donors (Lipinski definition) is 0. The molecule has 0 spiro atoms. The molecule has 0 saturated heterocycles. The van der Waals surface area contributed by atoms with E-state index in [0.29, 0.717) is 22.6 Å². The first-order chi connectivity index (χ1) is 15.1. The van der Waals surface area contributed by atoms with E-state index in [1.807, 2.05) is 28.7 Å². The summed E-state index contributed by atoms with van der Waals surface area (Å²) in [4.78, 5) is 27.6. The Labute approximate surface area is 177 Å². The van der Waals surface area contributed by atoms with Crippen molar-refractivity contribution in [3.05, 3.63) is 90.6 Å². The van der Waals surface area contributed by atoms with Gasteiger partial charge in [0, 0.05) is 36.1 Å². The monoisotopic (exact) mass is 404 g/mol. The Balaban J connectivity index is 1.53. The second-order valence-corrected chi connectivity index (χ2v) is 7.08. The van der Waals surface area contributed by atoms with Gasteiger partial charge in [0.1, 0.15) is 5.69 Å². The van der Waals surface area contributed by atoms with Gasteiger partial charge in [0.15, 0.2) is 5.65 Å². The van der Waals surface area contributed by atoms with Crippen LogP contribution < -0.4 is 4.90 Å². The van der Waals surface area contributed by atoms with E-state index in [1.54, 1.807) is 56.1 Å². The average Bonchev–Trinajstić information content (AvgIpc) is 3.26. The second kappa shape index (κ2) is 7.35. The lowest BCUT2D eigenvalue weighted by Crippen LogP contribution is -2.27. The van der Waals surface area contributed by atoms with Crippen molar-refractivity contribution in [2.75, 3.05) is 11.9 Å². The van der Waals surface area contributed by atoms with Crippen LogP contribution in [0.15, 0.2) is 79.4 Å². The van der Waals surface area contributed by atoms with E-state index in [1.165, 1.54) is 4.90 Å². The molecule has 0 bridgehead atoms. The summed E-state index contributed by atoms with van der Waals surface area (Å²) in [7, 11) is 1.68. The second-order valence-electron chi connectivity index (χ2n) is 7.08. The summed E-state index contributed by atoms with van der Waals surface area (Å²) < 4.78 is 1.87. The SMILES string of the molecule is CN(C(=O)c1cn2c(-c3ccc4ncccc4c3)cnc2cn1)c1ccc(C#N)cc1. The molecular weight excluding hydrogens is 388 g/mol. The molecule has 3 heterocycles. The van der Waals surface area contributed by atoms with Crippen LogP contribution in [0.1, 0.15) is 16.1 Å². The number of aromatic nitrogens is 4. The number of benzene rings is 2. The Bertz CT molecular complexity index is 1480. The van der Waals surface area contributed by atoms with Gasteiger partial charge in [-0.3, -0.25) is 14.2 Å². The highest BCUT2D eigenvalue weighted by Crippen LogP contribution is 2.25. The summed E-state index contributed by atoms with van der Waals surface area (Å²) >= 11 is 0. The van der Waals surface area contributed by atoms with Crippen molar-refractivity contribution >= 4 is 28.1 Å². The molecule has 0 radical (unpaired) electrons. The first-order valence-corrected chi connectivity index (χ1v) is 9.60. The molecule has 5 aromatic rings. The normalized spacial score (nSPS) is 10.8. The lowest BCUT2D eigenvalue weighted by molar-refractivity contribution is 0.0988. The minimum Gasteiger partial charge on any atom is -0.310 e. The smallest absolute Gasteiger partial charge is 0.278 e. The molecule has 0 atom stereocenters. The zero-order chi connectivity index (χ0) is 21.4. The number of amides is 1. The number of nitriles is 1. The molecule has 31 heavy (non-hydrogen) atoms. The number of pyridine rings is 1. The van der Waals surface area contributed by atoms with Gasteiger partial charge in [0.25, 0.3) is 5.91 Å². The van der Waals surface area contributed by atoms with E-state index in [4.69, 9.17) is 5.26 Å². The number of anilines is 1. The summed E-state index contributed by atoms with van der Waals surface area (Å²) in [5.74, 6) is -0.256. The van der Waals surface area contributed by atoms with Gasteiger partial charge in [-0.05, 0) is 42.5 Å². The summed E-state index contributed by atoms with van der Waals surface area (Å²) in [6, 6.07) is 18.8. The van der Waals surface area contributed by atoms with Gasteiger partial charge in [0.05, 0.1) is 35.2 Å². The third-order valence-electron chi connectivity index (χ3n) is 5.20. The zero-order valence-electron chi connectivity index (χ0n) is 16.6. The number of nitrogens with zero attached hydrogens (tertiary/aromatic N) is 6. The van der Waals surface area contributed by atoms with E-state index < -0.39 is 0 Å². The van der Waals surface area contributed by atoms with Crippen LogP contribution in [0.4, 0.5) is 5.69 Å². The fourth-order valence-electron chi connectivity index (χ4n) is 3.50. The molecule has 0 aliphatic carbocycles. The van der Waals surface area contributed by atoms with E-state index in [9.17, 15) is 4.79 Å². The zero-order valence-corrected chi connectivity index (χ0v) is 16.6. The Morgan fingerprint density at radius 2 is 1.87 bits per heavy atom. The molecule has 3 aromatic heterocycles. The number of imidazole rings is 1. The number of carbonyl (C=O) groups is 1. The van der Waals surface area contributed by atoms with Gasteiger partial charge in [-0.2, -0.15) is 5.26 Å². The minimum absolute atomic E-state index is 0.256. The minimum atomic E-state index is -0.256. The molecule has 7 nitrogen and oxygen atoms in total. The van der Waals surface area contributed by atoms with E-state index in [2.05, 4.69) is 27.1 Å². The van der Waals surface area contributed by atoms with Gasteiger partial charge in [-0.15, -0.1) is 0 Å². The molecule has 148 valence electrons. The maximum Gasteiger partial charge on any atom is 0.278 e. The highest BCUT2D eigenvalue weighted by Gasteiger charge is 2.17. The van der Waals surface area contributed by atoms with Crippen LogP contribution in [0.2, 0.25) is 0 Å². The van der Waals surface area contributed by atoms with Crippen molar-refractivity contribution in [2.24, 2.45) is 0 Å². The third kappa shape index (κ3) is 3.26. The van der Waals surface area contributed by atoms with E-state index in [0.717, 1.165) is 22.2 Å². The average molecular weight is 404 g/mol. The molecule has 2 aromatic carbocycles. The molecular formula is C24H16N6O. The fraction of sp³-hybridized carbons (Fsp3) is 0.0417. The molecule has 0 unspecified atom stereocenters. The van der Waals surface area contributed by atoms with Crippen LogP contribution in [0.3, 0.4) is 0 Å². The lowest BCUT2D eigenvalue weighted by Gasteiger charge is -2.17. The number of carbonyl (C=O) groups excluding carboxylic acids is 1.